The molecule has 0 saturated heterocycles. The average molecular weight is 453 g/mol. The smallest absolute Gasteiger partial charge is 0.475 e. The number of hydrogen-bond acceptors (Lipinski definition) is 5. The van der Waals surface area contributed by atoms with E-state index in [1.165, 1.54) is 5.56 Å². The molecule has 2 aromatic rings. The third kappa shape index (κ3) is 7.34. The van der Waals surface area contributed by atoms with E-state index in [9.17, 15) is 22.8 Å². The Balaban J connectivity index is 0.000000451. The van der Waals surface area contributed by atoms with E-state index in [0.717, 1.165) is 18.4 Å². The average Bonchev–Trinajstić information content (AvgIpc) is 3.25. The molecule has 0 spiro atoms. The highest BCUT2D eigenvalue weighted by atomic mass is 19.4. The number of hydroxylamine groups is 1. The van der Waals surface area contributed by atoms with Crippen LogP contribution in [0.1, 0.15) is 30.4 Å². The van der Waals surface area contributed by atoms with Crippen LogP contribution in [-0.2, 0) is 20.8 Å². The van der Waals surface area contributed by atoms with Gasteiger partial charge in [0.1, 0.15) is 0 Å². The van der Waals surface area contributed by atoms with Crippen molar-refractivity contribution in [3.63, 3.8) is 0 Å². The fourth-order valence-electron chi connectivity index (χ4n) is 3.35. The largest absolute Gasteiger partial charge is 0.490 e. The molecule has 4 N–H and O–H groups in total. The Kier molecular flexibility index (Phi) is 8.71. The number of benzene rings is 1. The second-order valence-corrected chi connectivity index (χ2v) is 7.14. The molecule has 2 atom stereocenters. The van der Waals surface area contributed by atoms with Crippen molar-refractivity contribution in [2.75, 3.05) is 5.32 Å². The minimum atomic E-state index is -5.08. The Morgan fingerprint density at radius 3 is 1.94 bits per heavy atom. The number of carboxylic acids is 1. The van der Waals surface area contributed by atoms with Crippen LogP contribution < -0.4 is 10.8 Å². The van der Waals surface area contributed by atoms with Gasteiger partial charge >= 0.3 is 12.1 Å². The highest BCUT2D eigenvalue weighted by molar-refractivity contribution is 5.96. The second kappa shape index (κ2) is 11.2. The van der Waals surface area contributed by atoms with Crippen molar-refractivity contribution in [2.45, 2.75) is 31.9 Å². The van der Waals surface area contributed by atoms with E-state index in [2.05, 4.69) is 10.3 Å². The Morgan fingerprint density at radius 1 is 0.938 bits per heavy atom. The van der Waals surface area contributed by atoms with E-state index in [1.54, 1.807) is 17.9 Å². The lowest BCUT2D eigenvalue weighted by atomic mass is 9.94. The summed E-state index contributed by atoms with van der Waals surface area (Å²) < 4.78 is 31.7. The molecule has 8 nitrogen and oxygen atoms in total. The minimum absolute atomic E-state index is 0.173. The van der Waals surface area contributed by atoms with Gasteiger partial charge in [0.25, 0.3) is 0 Å². The van der Waals surface area contributed by atoms with Crippen molar-refractivity contribution in [1.82, 2.24) is 10.5 Å². The van der Waals surface area contributed by atoms with E-state index < -0.39 is 29.9 Å². The number of rotatable bonds is 5. The molecule has 1 aromatic carbocycles. The molecule has 32 heavy (non-hydrogen) atoms. The van der Waals surface area contributed by atoms with Gasteiger partial charge in [-0.1, -0.05) is 18.6 Å². The van der Waals surface area contributed by atoms with Gasteiger partial charge in [-0.05, 0) is 54.7 Å². The topological polar surface area (TPSA) is 129 Å². The fraction of sp³-hybridized carbons (Fsp3) is 0.333. The molecule has 1 aliphatic carbocycles. The number of alkyl halides is 3. The van der Waals surface area contributed by atoms with Gasteiger partial charge in [-0.25, -0.2) is 10.3 Å². The number of pyridine rings is 1. The van der Waals surface area contributed by atoms with Crippen molar-refractivity contribution in [2.24, 2.45) is 11.8 Å². The Labute approximate surface area is 181 Å². The summed E-state index contributed by atoms with van der Waals surface area (Å²) >= 11 is 0. The highest BCUT2D eigenvalue weighted by Gasteiger charge is 2.38. The molecule has 1 aliphatic rings. The van der Waals surface area contributed by atoms with Crippen LogP contribution in [0.4, 0.5) is 18.9 Å². The lowest BCUT2D eigenvalue weighted by molar-refractivity contribution is -0.192. The first kappa shape index (κ1) is 24.8. The van der Waals surface area contributed by atoms with Crippen molar-refractivity contribution in [3.05, 3.63) is 59.9 Å². The molecule has 11 heteroatoms. The fourth-order valence-corrected chi connectivity index (χ4v) is 3.35. The van der Waals surface area contributed by atoms with Gasteiger partial charge in [0.05, 0.1) is 5.92 Å². The summed E-state index contributed by atoms with van der Waals surface area (Å²) in [5.74, 6) is -4.27. The molecule has 3 rings (SSSR count). The van der Waals surface area contributed by atoms with Gasteiger partial charge in [-0.3, -0.25) is 19.8 Å². The maximum atomic E-state index is 12.4. The third-order valence-corrected chi connectivity index (χ3v) is 4.92. The monoisotopic (exact) mass is 453 g/mol. The predicted molar refractivity (Wildman–Crippen MR) is 107 cm³/mol. The molecule has 1 heterocycles. The highest BCUT2D eigenvalue weighted by Crippen LogP contribution is 2.32. The number of nitrogens with one attached hydrogen (secondary N) is 2. The molecule has 1 aromatic heterocycles. The van der Waals surface area contributed by atoms with Crippen molar-refractivity contribution in [1.29, 1.82) is 0 Å². The van der Waals surface area contributed by atoms with E-state index >= 15 is 0 Å². The van der Waals surface area contributed by atoms with Crippen LogP contribution in [0, 0.1) is 11.8 Å². The summed E-state index contributed by atoms with van der Waals surface area (Å²) in [6.45, 7) is 0. The first-order chi connectivity index (χ1) is 15.1. The number of nitrogens with zero attached hydrogens (tertiary/aromatic N) is 1. The minimum Gasteiger partial charge on any atom is -0.475 e. The van der Waals surface area contributed by atoms with E-state index in [4.69, 9.17) is 15.1 Å². The lowest BCUT2D eigenvalue weighted by Gasteiger charge is -2.17. The van der Waals surface area contributed by atoms with Gasteiger partial charge in [-0.15, -0.1) is 0 Å². The van der Waals surface area contributed by atoms with Crippen molar-refractivity contribution < 1.29 is 37.9 Å². The van der Waals surface area contributed by atoms with Crippen LogP contribution in [-0.4, -0.2) is 39.3 Å². The second-order valence-electron chi connectivity index (χ2n) is 7.14. The summed E-state index contributed by atoms with van der Waals surface area (Å²) in [5, 5.41) is 18.8. The van der Waals surface area contributed by atoms with Gasteiger partial charge in [0, 0.05) is 24.0 Å². The number of hydrogen-bond donors (Lipinski definition) is 4. The van der Waals surface area contributed by atoms with Crippen LogP contribution in [0.3, 0.4) is 0 Å². The first-order valence-corrected chi connectivity index (χ1v) is 9.64. The number of carbonyl (C=O) groups is 3. The normalized spacial score (nSPS) is 17.6. The van der Waals surface area contributed by atoms with E-state index in [-0.39, 0.29) is 5.91 Å². The zero-order valence-electron chi connectivity index (χ0n) is 16.8. The van der Waals surface area contributed by atoms with Crippen molar-refractivity contribution in [3.8, 4) is 0 Å². The summed E-state index contributed by atoms with van der Waals surface area (Å²) in [6, 6.07) is 11.6. The molecular formula is C21H22F3N3O5. The van der Waals surface area contributed by atoms with Crippen LogP contribution in [0.5, 0.6) is 0 Å². The summed E-state index contributed by atoms with van der Waals surface area (Å²) in [5.41, 5.74) is 4.69. The molecule has 0 bridgehead atoms. The number of amides is 2. The Morgan fingerprint density at radius 2 is 1.44 bits per heavy atom. The van der Waals surface area contributed by atoms with E-state index in [0.29, 0.717) is 18.5 Å². The number of anilines is 1. The molecule has 1 saturated carbocycles. The first-order valence-electron chi connectivity index (χ1n) is 9.64. The zero-order chi connectivity index (χ0) is 23.7. The standard InChI is InChI=1S/C19H21N3O3.C2HF3O2/c23-18(16-2-1-3-17(16)19(24)22-25)21-15-6-4-13(5-7-15)12-14-8-10-20-11-9-14;3-2(4,5)1(6)7/h4-11,16-17,25H,1-3,12H2,(H,21,23)(H,22,24);(H,6,7)/t16-,17-;/m0./s1. The summed E-state index contributed by atoms with van der Waals surface area (Å²) in [7, 11) is 0. The molecule has 1 fully saturated rings. The van der Waals surface area contributed by atoms with Gasteiger partial charge in [0.15, 0.2) is 0 Å². The quantitative estimate of drug-likeness (QED) is 0.407. The summed E-state index contributed by atoms with van der Waals surface area (Å²) in [6.07, 6.45) is 1.34. The maximum absolute atomic E-state index is 12.4. The zero-order valence-corrected chi connectivity index (χ0v) is 16.8. The van der Waals surface area contributed by atoms with Crippen LogP contribution in [0.15, 0.2) is 48.8 Å². The molecule has 2 amide bonds. The van der Waals surface area contributed by atoms with Crippen LogP contribution in [0.25, 0.3) is 0 Å². The number of aromatic nitrogens is 1. The predicted octanol–water partition coefficient (Wildman–Crippen LogP) is 3.17. The van der Waals surface area contributed by atoms with E-state index in [1.807, 2.05) is 36.4 Å². The van der Waals surface area contributed by atoms with Crippen molar-refractivity contribution >= 4 is 23.5 Å². The number of aliphatic carboxylic acids is 1. The third-order valence-electron chi connectivity index (χ3n) is 4.92. The van der Waals surface area contributed by atoms with Crippen LogP contribution >= 0.6 is 0 Å². The summed E-state index contributed by atoms with van der Waals surface area (Å²) in [4.78, 5) is 37.0. The molecule has 0 aliphatic heterocycles. The number of halogens is 3. The maximum Gasteiger partial charge on any atom is 0.490 e. The van der Waals surface area contributed by atoms with Gasteiger partial charge < -0.3 is 10.4 Å². The Bertz CT molecular complexity index is 921. The van der Waals surface area contributed by atoms with Crippen LogP contribution in [0.2, 0.25) is 0 Å². The molecule has 0 unspecified atom stereocenters. The SMILES string of the molecule is O=C(NO)[C@H]1CCC[C@@H]1C(=O)Nc1ccc(Cc2ccncc2)cc1.O=C(O)C(F)(F)F. The molecular weight excluding hydrogens is 431 g/mol. The van der Waals surface area contributed by atoms with Gasteiger partial charge in [0.2, 0.25) is 11.8 Å². The number of carbonyl (C=O) groups excluding carboxylic acids is 2. The lowest BCUT2D eigenvalue weighted by Crippen LogP contribution is -2.35. The molecule has 172 valence electrons. The molecule has 0 radical (unpaired) electrons. The van der Waals surface area contributed by atoms with Gasteiger partial charge in [-0.2, -0.15) is 13.2 Å². The number of carboxylic acid groups (broad SMARTS) is 1. The Hall–Kier alpha value is -3.47.